The Labute approximate surface area is 442 Å². The van der Waals surface area contributed by atoms with Gasteiger partial charge in [-0.1, -0.05) is 129 Å². The molecule has 8 fully saturated rings. The summed E-state index contributed by atoms with van der Waals surface area (Å²) < 4.78 is 17.6. The summed E-state index contributed by atoms with van der Waals surface area (Å²) in [6, 6.07) is 5.48. The van der Waals surface area contributed by atoms with Crippen LogP contribution in [0.3, 0.4) is 0 Å². The van der Waals surface area contributed by atoms with Crippen molar-refractivity contribution < 1.29 is 26.7 Å². The molecule has 7 saturated carbocycles. The first-order valence-corrected chi connectivity index (χ1v) is 27.3. The van der Waals surface area contributed by atoms with Crippen LogP contribution >= 0.6 is 0 Å². The van der Waals surface area contributed by atoms with Crippen LogP contribution in [0.2, 0.25) is 0 Å². The molecule has 1 saturated heterocycles. The third kappa shape index (κ3) is 6.49. The van der Waals surface area contributed by atoms with Crippen molar-refractivity contribution in [1.82, 2.24) is 0 Å². The Bertz CT molecular complexity index is 2780. The van der Waals surface area contributed by atoms with Crippen LogP contribution in [0, 0.1) is 136 Å². The molecular formula is C64H88N4O5. The fraction of sp³-hybridized carbons (Fsp3) is 0.781. The molecule has 0 aromatic heterocycles. The molecule has 0 amide bonds. The van der Waals surface area contributed by atoms with Crippen molar-refractivity contribution in [2.75, 3.05) is 0 Å². The van der Waals surface area contributed by atoms with Crippen molar-refractivity contribution in [1.29, 1.82) is 10.5 Å². The molecule has 9 heteroatoms. The van der Waals surface area contributed by atoms with E-state index in [1.165, 1.54) is 14.8 Å². The highest BCUT2D eigenvalue weighted by atomic mass is 16.6. The van der Waals surface area contributed by atoms with Crippen LogP contribution in [0.4, 0.5) is 0 Å². The molecule has 0 aromatic carbocycles. The van der Waals surface area contributed by atoms with E-state index in [0.29, 0.717) is 0 Å². The second-order valence-corrected chi connectivity index (χ2v) is 29.7. The fourth-order valence-electron chi connectivity index (χ4n) is 20.4. The summed E-state index contributed by atoms with van der Waals surface area (Å²) in [4.78, 5) is 62.6. The van der Waals surface area contributed by atoms with Gasteiger partial charge >= 0.3 is 5.72 Å². The zero-order valence-electron chi connectivity index (χ0n) is 49.5. The third-order valence-electron chi connectivity index (χ3n) is 25.0. The number of nitriles is 2. The van der Waals surface area contributed by atoms with E-state index in [9.17, 15) is 29.7 Å². The zero-order valence-corrected chi connectivity index (χ0v) is 47.5. The lowest BCUT2D eigenvalue weighted by atomic mass is 9.34. The molecule has 16 atom stereocenters. The predicted molar refractivity (Wildman–Crippen MR) is 284 cm³/mol. The lowest BCUT2D eigenvalue weighted by molar-refractivity contribution is -0.167. The number of rotatable bonds is 0. The summed E-state index contributed by atoms with van der Waals surface area (Å²) in [6.07, 6.45) is 18.1. The average molecular weight is 997 g/mol. The Morgan fingerprint density at radius 3 is 1.51 bits per heavy atom. The number of carbonyl (C=O) groups excluding carboxylic acids is 4. The molecule has 0 radical (unpaired) electrons. The second kappa shape index (κ2) is 15.9. The van der Waals surface area contributed by atoms with Crippen molar-refractivity contribution in [3.05, 3.63) is 57.9 Å². The van der Waals surface area contributed by atoms with Crippen LogP contribution in [-0.4, -0.2) is 35.0 Å². The van der Waals surface area contributed by atoms with E-state index in [0.717, 1.165) is 101 Å². The number of nitrogens with zero attached hydrogens (tertiary/aromatic N) is 4. The van der Waals surface area contributed by atoms with Crippen molar-refractivity contribution in [2.24, 2.45) is 100 Å². The van der Waals surface area contributed by atoms with E-state index in [1.54, 1.807) is 0 Å². The second-order valence-electron chi connectivity index (χ2n) is 29.7. The van der Waals surface area contributed by atoms with Crippen LogP contribution in [0.15, 0.2) is 35.1 Å². The molecule has 10 aliphatic carbocycles. The molecular weight excluding hydrogens is 905 g/mol. The molecule has 0 bridgehead atoms. The van der Waals surface area contributed by atoms with Gasteiger partial charge in [0.05, 0.1) is 29.5 Å². The molecule has 0 spiro atoms. The molecule has 0 unspecified atom stereocenters. The SMILES string of the molecule is [3H]C.[3H]C.[C-]#[N+]C1=C[C@]2(C)C3=CC(=O)[C@@H]4[C@@H]5CC(C)(C)CC[C@]5(C#N)CC[C@@]4(C)[C@]3(C)CC[C@H]2C(C)(C)C1=O.[C-]#[N+][C@@]12O[C@@H]1[C@]1(C)C3=CC(=O)[C@@H]4[C@@H]5CC(C)(C)CC[C@]5(C#N)CC[C@@]4(C)[C@]3(C)CC[C@H]1C(C)(C)C2=O. The molecule has 9 nitrogen and oxygen atoms in total. The van der Waals surface area contributed by atoms with E-state index in [4.69, 9.17) is 20.6 Å². The number of fused-ring (bicyclic) bond motifs is 16. The molecule has 73 heavy (non-hydrogen) atoms. The molecule has 11 aliphatic rings. The van der Waals surface area contributed by atoms with E-state index >= 15 is 0 Å². The number of Topliss-reactive ketones (excluding diaryl/α,β-unsaturated/α-hetero) is 2. The molecule has 0 N–H and O–H groups in total. The first kappa shape index (κ1) is 52.3. The molecule has 0 aromatic rings. The van der Waals surface area contributed by atoms with E-state index < -0.39 is 44.3 Å². The van der Waals surface area contributed by atoms with Crippen LogP contribution in [-0.2, 0) is 23.9 Å². The smallest absolute Gasteiger partial charge is 0.307 e. The van der Waals surface area contributed by atoms with E-state index in [-0.39, 0.29) is 96.8 Å². The Morgan fingerprint density at radius 1 is 0.616 bits per heavy atom. The highest BCUT2D eigenvalue weighted by Crippen LogP contribution is 2.79. The van der Waals surface area contributed by atoms with E-state index in [1.807, 2.05) is 45.9 Å². The van der Waals surface area contributed by atoms with Gasteiger partial charge < -0.3 is 4.79 Å². The highest BCUT2D eigenvalue weighted by molar-refractivity contribution is 6.03. The summed E-state index contributed by atoms with van der Waals surface area (Å²) >= 11 is 0. The first-order chi connectivity index (χ1) is 34.7. The lowest BCUT2D eigenvalue weighted by Gasteiger charge is -2.68. The van der Waals surface area contributed by atoms with Crippen LogP contribution < -0.4 is 0 Å². The summed E-state index contributed by atoms with van der Waals surface area (Å²) in [5.74, 6) is 0.130. The minimum absolute atomic E-state index is 0.0301. The van der Waals surface area contributed by atoms with E-state index in [2.05, 4.69) is 91.1 Å². The fourth-order valence-corrected chi connectivity index (χ4v) is 20.4. The number of carbonyl (C=O) groups is 4. The largest absolute Gasteiger partial charge is 0.424 e. The number of ether oxygens (including phenoxy) is 1. The minimum Gasteiger partial charge on any atom is -0.307 e. The third-order valence-corrected chi connectivity index (χ3v) is 25.0. The molecule has 394 valence electrons. The molecule has 1 heterocycles. The molecule has 11 rings (SSSR count). The number of hydrogen-bond donors (Lipinski definition) is 0. The zero-order chi connectivity index (χ0) is 56.1. The minimum atomic E-state index is -1.40. The average Bonchev–Trinajstić information content (AvgIpc) is 4.12. The maximum Gasteiger partial charge on any atom is 0.424 e. The monoisotopic (exact) mass is 997 g/mol. The first-order valence-electron chi connectivity index (χ1n) is 29.3. The number of hydrogen-bond acceptors (Lipinski definition) is 7. The number of ketones is 4. The summed E-state index contributed by atoms with van der Waals surface area (Å²) in [5, 5.41) is 20.8. The van der Waals surface area contributed by atoms with Crippen molar-refractivity contribution >= 4 is 23.1 Å². The standard InChI is InChI=1S/C31H40N2O3.C31H40N2O2.2CH4/c1-25(2)11-13-30(17-32)14-12-28(6)22(18(30)16-25)19(34)15-21-27(28,5)10-9-20-26(3,4)23(35)31(33-8)24(36-31)29(20,21)7;1-26(2)11-13-31(18-32)14-12-30(7)24(19(31)16-26)21(34)15-23-28(5)17-20(33-8)25(35)27(3,4)22(28)9-10-29(23,30)6;;/h15,18,20,22,24H,9-14,16H2,1-7H3;15,17,19,22,24H,9-14,16H2,1-7H3;2*1H4/t18-,20-,22-,24+,27+,28+,29-,30+,31-;19-,22-,24-,28-,29+,30+,31+;;/m00../s1/i;;2*1T. The highest BCUT2D eigenvalue weighted by Gasteiger charge is 2.87. The van der Waals surface area contributed by atoms with Crippen molar-refractivity contribution in [3.8, 4) is 12.1 Å². The van der Waals surface area contributed by atoms with Crippen LogP contribution in [0.5, 0.6) is 0 Å². The van der Waals surface area contributed by atoms with Gasteiger partial charge in [0, 0.05) is 36.2 Å². The number of epoxide rings is 1. The summed E-state index contributed by atoms with van der Waals surface area (Å²) in [5.41, 5.74) is -2.77. The maximum atomic E-state index is 14.3. The van der Waals surface area contributed by atoms with Gasteiger partial charge in [0.1, 0.15) is 0 Å². The predicted octanol–water partition coefficient (Wildman–Crippen LogP) is 14.6. The van der Waals surface area contributed by atoms with Gasteiger partial charge in [0.25, 0.3) is 5.78 Å². The van der Waals surface area contributed by atoms with Gasteiger partial charge in [-0.2, -0.15) is 10.5 Å². The summed E-state index contributed by atoms with van der Waals surface area (Å²) in [6.45, 7) is 46.4. The van der Waals surface area contributed by atoms with Crippen LogP contribution in [0.25, 0.3) is 9.69 Å². The Morgan fingerprint density at radius 2 is 1.05 bits per heavy atom. The number of allylic oxidation sites excluding steroid dienone is 5. The Balaban J connectivity index is 0.000000187. The summed E-state index contributed by atoms with van der Waals surface area (Å²) in [7, 11) is 2.50. The normalized spacial score (nSPS) is 49.5. The quantitative estimate of drug-likeness (QED) is 0.174. The van der Waals surface area contributed by atoms with Gasteiger partial charge in [0.2, 0.25) is 5.70 Å². The van der Waals surface area contributed by atoms with Crippen LogP contribution in [0.1, 0.15) is 204 Å². The van der Waals surface area contributed by atoms with Crippen molar-refractivity contribution in [3.63, 3.8) is 0 Å². The molecule has 1 aliphatic heterocycles. The van der Waals surface area contributed by atoms with Gasteiger partial charge in [-0.05, 0) is 158 Å². The lowest BCUT2D eigenvalue weighted by Crippen LogP contribution is -2.67. The topological polar surface area (TPSA) is 137 Å². The Hall–Kier alpha value is -4.18. The van der Waals surface area contributed by atoms with Gasteiger partial charge in [0.15, 0.2) is 23.5 Å². The van der Waals surface area contributed by atoms with Gasteiger partial charge in [-0.25, -0.2) is 11.4 Å². The Kier molecular flexibility index (Phi) is 11.4. The maximum absolute atomic E-state index is 14.3. The van der Waals surface area contributed by atoms with Crippen molar-refractivity contribution in [2.45, 2.75) is 213 Å². The van der Waals surface area contributed by atoms with Gasteiger partial charge in [-0.15, -0.1) is 0 Å². The van der Waals surface area contributed by atoms with Gasteiger partial charge in [-0.3, -0.25) is 24.0 Å².